The molecular formula is C18H19N5O2S. The molecule has 3 rings (SSSR count). The summed E-state index contributed by atoms with van der Waals surface area (Å²) in [6.45, 7) is 1.83. The van der Waals surface area contributed by atoms with Crippen LogP contribution < -0.4 is 16.2 Å². The van der Waals surface area contributed by atoms with Crippen molar-refractivity contribution in [1.82, 2.24) is 9.97 Å². The van der Waals surface area contributed by atoms with Crippen LogP contribution in [0.2, 0.25) is 0 Å². The lowest BCUT2D eigenvalue weighted by Crippen LogP contribution is -2.15. The highest BCUT2D eigenvalue weighted by Gasteiger charge is 2.10. The van der Waals surface area contributed by atoms with E-state index in [9.17, 15) is 8.42 Å². The number of nitrogens with one attached hydrogen (secondary N) is 1. The lowest BCUT2D eigenvalue weighted by atomic mass is 10.1. The second-order valence-corrected chi connectivity index (χ2v) is 7.58. The van der Waals surface area contributed by atoms with E-state index in [0.29, 0.717) is 22.9 Å². The van der Waals surface area contributed by atoms with Gasteiger partial charge in [0.15, 0.2) is 0 Å². The third-order valence-corrected chi connectivity index (χ3v) is 4.51. The van der Waals surface area contributed by atoms with Crippen LogP contribution in [0.15, 0.2) is 54.7 Å². The molecule has 0 aliphatic heterocycles. The van der Waals surface area contributed by atoms with Crippen molar-refractivity contribution >= 4 is 27.3 Å². The summed E-state index contributed by atoms with van der Waals surface area (Å²) in [5.74, 6) is 0.175. The van der Waals surface area contributed by atoms with Crippen LogP contribution in [0.5, 0.6) is 0 Å². The number of primary sulfonamides is 1. The maximum atomic E-state index is 11.4. The third-order valence-electron chi connectivity index (χ3n) is 3.80. The van der Waals surface area contributed by atoms with Gasteiger partial charge in [-0.05, 0) is 48.4 Å². The minimum Gasteiger partial charge on any atom is -0.399 e. The Labute approximate surface area is 152 Å². The van der Waals surface area contributed by atoms with Gasteiger partial charge in [-0.25, -0.2) is 23.5 Å². The van der Waals surface area contributed by atoms with Crippen molar-refractivity contribution in [2.24, 2.45) is 5.14 Å². The number of hydrogen-bond donors (Lipinski definition) is 3. The standard InChI is InChI=1S/C18H19N5O2S/c1-12-5-6-16(10-14(12)11-26(20,24)25)22-18-21-8-7-17(23-18)13-3-2-4-15(19)9-13/h2-10H,11,19H2,1H3,(H2,20,24,25)(H,21,22,23). The molecule has 0 fully saturated rings. The molecule has 0 unspecified atom stereocenters. The molecule has 0 atom stereocenters. The maximum absolute atomic E-state index is 11.4. The molecule has 1 heterocycles. The second-order valence-electron chi connectivity index (χ2n) is 5.96. The van der Waals surface area contributed by atoms with Crippen LogP contribution in [0, 0.1) is 6.92 Å². The number of nitrogens with two attached hydrogens (primary N) is 2. The Morgan fingerprint density at radius 3 is 2.65 bits per heavy atom. The van der Waals surface area contributed by atoms with Crippen LogP contribution in [-0.2, 0) is 15.8 Å². The fourth-order valence-corrected chi connectivity index (χ4v) is 3.27. The molecule has 3 aromatic rings. The maximum Gasteiger partial charge on any atom is 0.227 e. The van der Waals surface area contributed by atoms with Gasteiger partial charge in [0, 0.05) is 23.1 Å². The highest BCUT2D eigenvalue weighted by molar-refractivity contribution is 7.88. The number of nitrogen functional groups attached to an aromatic ring is 1. The Kier molecular flexibility index (Phi) is 4.88. The van der Waals surface area contributed by atoms with Crippen molar-refractivity contribution in [3.8, 4) is 11.3 Å². The van der Waals surface area contributed by atoms with Gasteiger partial charge in [-0.2, -0.15) is 0 Å². The number of benzene rings is 2. The van der Waals surface area contributed by atoms with Gasteiger partial charge in [-0.3, -0.25) is 0 Å². The summed E-state index contributed by atoms with van der Waals surface area (Å²) in [6.07, 6.45) is 1.65. The molecular weight excluding hydrogens is 350 g/mol. The van der Waals surface area contributed by atoms with Gasteiger partial charge in [0.2, 0.25) is 16.0 Å². The molecule has 8 heteroatoms. The average molecular weight is 369 g/mol. The smallest absolute Gasteiger partial charge is 0.227 e. The van der Waals surface area contributed by atoms with Crippen LogP contribution in [-0.4, -0.2) is 18.4 Å². The summed E-state index contributed by atoms with van der Waals surface area (Å²) < 4.78 is 22.7. The Morgan fingerprint density at radius 2 is 1.92 bits per heavy atom. The molecule has 0 spiro atoms. The number of nitrogens with zero attached hydrogens (tertiary/aromatic N) is 2. The molecule has 0 saturated carbocycles. The molecule has 0 aliphatic rings. The van der Waals surface area contributed by atoms with E-state index in [1.165, 1.54) is 0 Å². The summed E-state index contributed by atoms with van der Waals surface area (Å²) in [6, 6.07) is 14.6. The third kappa shape index (κ3) is 4.56. The van der Waals surface area contributed by atoms with E-state index >= 15 is 0 Å². The van der Waals surface area contributed by atoms with Gasteiger partial charge in [-0.1, -0.05) is 18.2 Å². The number of aromatic nitrogens is 2. The molecule has 7 nitrogen and oxygen atoms in total. The number of aryl methyl sites for hydroxylation is 1. The molecule has 5 N–H and O–H groups in total. The number of hydrogen-bond acceptors (Lipinski definition) is 6. The zero-order valence-corrected chi connectivity index (χ0v) is 15.0. The molecule has 2 aromatic carbocycles. The van der Waals surface area contributed by atoms with Crippen LogP contribution in [0.1, 0.15) is 11.1 Å². The first-order chi connectivity index (χ1) is 12.3. The first kappa shape index (κ1) is 17.8. The van der Waals surface area contributed by atoms with E-state index in [1.807, 2.05) is 43.3 Å². The van der Waals surface area contributed by atoms with E-state index < -0.39 is 10.0 Å². The molecule has 0 bridgehead atoms. The Hall–Kier alpha value is -2.97. The molecule has 0 saturated heterocycles. The summed E-state index contributed by atoms with van der Waals surface area (Å²) in [5.41, 5.74) is 10.2. The van der Waals surface area contributed by atoms with Crippen LogP contribution in [0.4, 0.5) is 17.3 Å². The Balaban J connectivity index is 1.88. The van der Waals surface area contributed by atoms with Crippen molar-refractivity contribution in [3.05, 3.63) is 65.9 Å². The van der Waals surface area contributed by atoms with Gasteiger partial charge in [0.25, 0.3) is 0 Å². The largest absolute Gasteiger partial charge is 0.399 e. The normalized spacial score (nSPS) is 11.3. The van der Waals surface area contributed by atoms with Gasteiger partial charge in [-0.15, -0.1) is 0 Å². The zero-order chi connectivity index (χ0) is 18.7. The lowest BCUT2D eigenvalue weighted by molar-refractivity contribution is 0.597. The highest BCUT2D eigenvalue weighted by Crippen LogP contribution is 2.23. The molecule has 0 amide bonds. The minimum absolute atomic E-state index is 0.224. The minimum atomic E-state index is -3.61. The second kappa shape index (κ2) is 7.11. The van der Waals surface area contributed by atoms with Crippen molar-refractivity contribution in [2.75, 3.05) is 11.1 Å². The number of rotatable bonds is 5. The number of sulfonamides is 1. The molecule has 0 aliphatic carbocycles. The van der Waals surface area contributed by atoms with Crippen LogP contribution in [0.3, 0.4) is 0 Å². The fraction of sp³-hybridized carbons (Fsp3) is 0.111. The zero-order valence-electron chi connectivity index (χ0n) is 14.2. The van der Waals surface area contributed by atoms with E-state index in [0.717, 1.165) is 16.8 Å². The van der Waals surface area contributed by atoms with Crippen LogP contribution in [0.25, 0.3) is 11.3 Å². The molecule has 26 heavy (non-hydrogen) atoms. The predicted octanol–water partition coefficient (Wildman–Crippen LogP) is 2.57. The average Bonchev–Trinajstić information content (AvgIpc) is 2.57. The topological polar surface area (TPSA) is 124 Å². The molecule has 1 aromatic heterocycles. The Morgan fingerprint density at radius 1 is 1.12 bits per heavy atom. The molecule has 134 valence electrons. The van der Waals surface area contributed by atoms with E-state index in [2.05, 4.69) is 15.3 Å². The quantitative estimate of drug-likeness (QED) is 0.594. The lowest BCUT2D eigenvalue weighted by Gasteiger charge is -2.10. The van der Waals surface area contributed by atoms with Gasteiger partial charge in [0.1, 0.15) is 0 Å². The summed E-state index contributed by atoms with van der Waals surface area (Å²) in [5, 5.41) is 8.25. The fourth-order valence-electron chi connectivity index (χ4n) is 2.53. The predicted molar refractivity (Wildman–Crippen MR) is 103 cm³/mol. The van der Waals surface area contributed by atoms with Crippen LogP contribution >= 0.6 is 0 Å². The van der Waals surface area contributed by atoms with E-state index in [4.69, 9.17) is 10.9 Å². The van der Waals surface area contributed by atoms with Crippen molar-refractivity contribution < 1.29 is 8.42 Å². The Bertz CT molecular complexity index is 1050. The van der Waals surface area contributed by atoms with E-state index in [-0.39, 0.29) is 5.75 Å². The highest BCUT2D eigenvalue weighted by atomic mass is 32.2. The van der Waals surface area contributed by atoms with Gasteiger partial charge < -0.3 is 11.1 Å². The summed E-state index contributed by atoms with van der Waals surface area (Å²) >= 11 is 0. The number of anilines is 3. The van der Waals surface area contributed by atoms with Crippen molar-refractivity contribution in [2.45, 2.75) is 12.7 Å². The van der Waals surface area contributed by atoms with Gasteiger partial charge in [0.05, 0.1) is 11.4 Å². The first-order valence-electron chi connectivity index (χ1n) is 7.86. The van der Waals surface area contributed by atoms with Crippen molar-refractivity contribution in [3.63, 3.8) is 0 Å². The van der Waals surface area contributed by atoms with Crippen molar-refractivity contribution in [1.29, 1.82) is 0 Å². The van der Waals surface area contributed by atoms with Gasteiger partial charge >= 0.3 is 0 Å². The first-order valence-corrected chi connectivity index (χ1v) is 9.58. The molecule has 0 radical (unpaired) electrons. The van der Waals surface area contributed by atoms with E-state index in [1.54, 1.807) is 18.3 Å². The monoisotopic (exact) mass is 369 g/mol. The SMILES string of the molecule is Cc1ccc(Nc2nccc(-c3cccc(N)c3)n2)cc1CS(N)(=O)=O. The summed E-state index contributed by atoms with van der Waals surface area (Å²) in [4.78, 5) is 8.70. The summed E-state index contributed by atoms with van der Waals surface area (Å²) in [7, 11) is -3.61.